The highest BCUT2D eigenvalue weighted by molar-refractivity contribution is 6.08. The van der Waals surface area contributed by atoms with Gasteiger partial charge in [-0.05, 0) is 66.1 Å². The minimum absolute atomic E-state index is 0.227. The fraction of sp³-hybridized carbons (Fsp3) is 0.280. The largest absolute Gasteiger partial charge is 0.367 e. The summed E-state index contributed by atoms with van der Waals surface area (Å²) in [7, 11) is 0. The number of amides is 2. The molecule has 1 unspecified atom stereocenters. The molecule has 0 saturated heterocycles. The van der Waals surface area contributed by atoms with E-state index in [1.165, 1.54) is 6.07 Å². The van der Waals surface area contributed by atoms with Crippen LogP contribution in [0.4, 0.5) is 10.1 Å². The molecule has 0 spiro atoms. The molecule has 0 aromatic heterocycles. The number of fused-ring (bicyclic) bond motifs is 1. The standard InChI is InChI=1S/C25H26FN3O2/c1-15-4-8-20(21(11-15)25(28)31)16-5-6-19(22(26)13-16)14-29-10-2-3-17-12-18(24(27)30)7-9-23(17)29/h5-9,11-13,15H,2-4,10,14H2,1H3,(H2,27,30)(H2,28,31). The van der Waals surface area contributed by atoms with Crippen LogP contribution in [0.3, 0.4) is 0 Å². The average molecular weight is 420 g/mol. The summed E-state index contributed by atoms with van der Waals surface area (Å²) in [6, 6.07) is 10.5. The molecule has 2 aromatic carbocycles. The summed E-state index contributed by atoms with van der Waals surface area (Å²) in [5.41, 5.74) is 15.9. The summed E-state index contributed by atoms with van der Waals surface area (Å²) in [5, 5.41) is 0. The van der Waals surface area contributed by atoms with Crippen LogP contribution in [0.2, 0.25) is 0 Å². The van der Waals surface area contributed by atoms with Gasteiger partial charge >= 0.3 is 0 Å². The molecule has 31 heavy (non-hydrogen) atoms. The number of carbonyl (C=O) groups excluding carboxylic acids is 2. The average Bonchev–Trinajstić information content (AvgIpc) is 2.74. The number of nitrogens with two attached hydrogens (primary N) is 2. The highest BCUT2D eigenvalue weighted by atomic mass is 19.1. The van der Waals surface area contributed by atoms with Gasteiger partial charge in [-0.3, -0.25) is 9.59 Å². The molecule has 1 aliphatic heterocycles. The van der Waals surface area contributed by atoms with E-state index < -0.39 is 11.8 Å². The molecule has 1 atom stereocenters. The third-order valence-corrected chi connectivity index (χ3v) is 6.00. The molecule has 0 radical (unpaired) electrons. The summed E-state index contributed by atoms with van der Waals surface area (Å²) < 4.78 is 15.1. The zero-order valence-electron chi connectivity index (χ0n) is 17.5. The maximum Gasteiger partial charge on any atom is 0.249 e. The van der Waals surface area contributed by atoms with Crippen molar-refractivity contribution >= 4 is 23.1 Å². The SMILES string of the molecule is CC1C=C(C(N)=O)C(c2ccc(CN3CCCc4cc(C(N)=O)ccc43)c(F)c2)=CC1. The predicted molar refractivity (Wildman–Crippen MR) is 120 cm³/mol. The van der Waals surface area contributed by atoms with Gasteiger partial charge in [0.25, 0.3) is 0 Å². The van der Waals surface area contributed by atoms with Crippen molar-refractivity contribution in [3.63, 3.8) is 0 Å². The fourth-order valence-corrected chi connectivity index (χ4v) is 4.39. The normalized spacial score (nSPS) is 18.1. The Morgan fingerprint density at radius 1 is 1.13 bits per heavy atom. The fourth-order valence-electron chi connectivity index (χ4n) is 4.39. The summed E-state index contributed by atoms with van der Waals surface area (Å²) in [4.78, 5) is 25.5. The Kier molecular flexibility index (Phi) is 5.63. The van der Waals surface area contributed by atoms with Crippen molar-refractivity contribution < 1.29 is 14.0 Å². The van der Waals surface area contributed by atoms with Crippen molar-refractivity contribution in [1.82, 2.24) is 0 Å². The Morgan fingerprint density at radius 2 is 1.94 bits per heavy atom. The molecule has 2 amide bonds. The third-order valence-electron chi connectivity index (χ3n) is 6.00. The molecule has 1 heterocycles. The number of anilines is 1. The molecule has 4 N–H and O–H groups in total. The van der Waals surface area contributed by atoms with Gasteiger partial charge in [-0.1, -0.05) is 31.2 Å². The molecule has 1 aliphatic carbocycles. The van der Waals surface area contributed by atoms with Crippen LogP contribution >= 0.6 is 0 Å². The number of aryl methyl sites for hydroxylation is 1. The van der Waals surface area contributed by atoms with Crippen LogP contribution in [0.5, 0.6) is 0 Å². The molecule has 5 nitrogen and oxygen atoms in total. The van der Waals surface area contributed by atoms with E-state index in [9.17, 15) is 9.59 Å². The van der Waals surface area contributed by atoms with Gasteiger partial charge in [-0.25, -0.2) is 4.39 Å². The Bertz CT molecular complexity index is 1120. The number of allylic oxidation sites excluding steroid dienone is 2. The smallest absolute Gasteiger partial charge is 0.249 e. The zero-order valence-corrected chi connectivity index (χ0v) is 17.5. The Balaban J connectivity index is 1.59. The number of rotatable bonds is 5. The van der Waals surface area contributed by atoms with E-state index in [1.807, 2.05) is 37.3 Å². The van der Waals surface area contributed by atoms with Gasteiger partial charge < -0.3 is 16.4 Å². The first-order valence-electron chi connectivity index (χ1n) is 10.5. The molecule has 4 rings (SSSR count). The Hall–Kier alpha value is -3.41. The van der Waals surface area contributed by atoms with Crippen molar-refractivity contribution in [3.05, 3.63) is 82.2 Å². The lowest BCUT2D eigenvalue weighted by Crippen LogP contribution is -2.29. The molecule has 2 aliphatic rings. The van der Waals surface area contributed by atoms with Crippen molar-refractivity contribution in [3.8, 4) is 0 Å². The topological polar surface area (TPSA) is 89.4 Å². The lowest BCUT2D eigenvalue weighted by Gasteiger charge is -2.32. The molecular weight excluding hydrogens is 393 g/mol. The summed E-state index contributed by atoms with van der Waals surface area (Å²) in [6.45, 7) is 3.24. The van der Waals surface area contributed by atoms with E-state index in [4.69, 9.17) is 11.5 Å². The quantitative estimate of drug-likeness (QED) is 0.774. The zero-order chi connectivity index (χ0) is 22.1. The number of halogens is 1. The van der Waals surface area contributed by atoms with E-state index in [0.717, 1.165) is 37.1 Å². The summed E-state index contributed by atoms with van der Waals surface area (Å²) in [5.74, 6) is -1.04. The maximum absolute atomic E-state index is 15.1. The second-order valence-electron chi connectivity index (χ2n) is 8.31. The van der Waals surface area contributed by atoms with Crippen LogP contribution in [0.25, 0.3) is 5.57 Å². The number of hydrogen-bond acceptors (Lipinski definition) is 3. The van der Waals surface area contributed by atoms with Crippen LogP contribution in [0.15, 0.2) is 54.1 Å². The second-order valence-corrected chi connectivity index (χ2v) is 8.31. The van der Waals surface area contributed by atoms with Gasteiger partial charge in [0.05, 0.1) is 0 Å². The monoisotopic (exact) mass is 419 g/mol. The van der Waals surface area contributed by atoms with Gasteiger partial charge in [-0.2, -0.15) is 0 Å². The minimum Gasteiger partial charge on any atom is -0.367 e. The van der Waals surface area contributed by atoms with Crippen molar-refractivity contribution in [2.45, 2.75) is 32.7 Å². The van der Waals surface area contributed by atoms with Crippen LogP contribution in [-0.4, -0.2) is 18.4 Å². The van der Waals surface area contributed by atoms with Crippen LogP contribution in [0.1, 0.15) is 46.8 Å². The van der Waals surface area contributed by atoms with Crippen LogP contribution < -0.4 is 16.4 Å². The first-order valence-corrected chi connectivity index (χ1v) is 10.5. The number of primary amides is 2. The van der Waals surface area contributed by atoms with Crippen LogP contribution in [-0.2, 0) is 17.8 Å². The number of benzene rings is 2. The van der Waals surface area contributed by atoms with E-state index >= 15 is 4.39 Å². The van der Waals surface area contributed by atoms with Gasteiger partial charge in [-0.15, -0.1) is 0 Å². The number of hydrogen-bond donors (Lipinski definition) is 2. The lowest BCUT2D eigenvalue weighted by molar-refractivity contribution is -0.114. The van der Waals surface area contributed by atoms with E-state index in [-0.39, 0.29) is 11.7 Å². The molecule has 6 heteroatoms. The van der Waals surface area contributed by atoms with Gasteiger partial charge in [0.15, 0.2) is 0 Å². The van der Waals surface area contributed by atoms with E-state index in [2.05, 4.69) is 4.90 Å². The molecule has 160 valence electrons. The minimum atomic E-state index is -0.498. The Morgan fingerprint density at radius 3 is 2.65 bits per heavy atom. The number of nitrogens with zero attached hydrogens (tertiary/aromatic N) is 1. The summed E-state index contributed by atoms with van der Waals surface area (Å²) >= 11 is 0. The highest BCUT2D eigenvalue weighted by Gasteiger charge is 2.22. The summed E-state index contributed by atoms with van der Waals surface area (Å²) in [6.07, 6.45) is 6.38. The van der Waals surface area contributed by atoms with E-state index in [0.29, 0.717) is 34.4 Å². The molecular formula is C25H26FN3O2. The highest BCUT2D eigenvalue weighted by Crippen LogP contribution is 2.33. The first kappa shape index (κ1) is 20.8. The molecule has 0 bridgehead atoms. The maximum atomic E-state index is 15.1. The van der Waals surface area contributed by atoms with Crippen LogP contribution in [0, 0.1) is 11.7 Å². The predicted octanol–water partition coefficient (Wildman–Crippen LogP) is 3.71. The first-order chi connectivity index (χ1) is 14.8. The van der Waals surface area contributed by atoms with Crippen molar-refractivity contribution in [1.29, 1.82) is 0 Å². The van der Waals surface area contributed by atoms with Gasteiger partial charge in [0.2, 0.25) is 11.8 Å². The Labute approximate surface area is 181 Å². The molecule has 0 fully saturated rings. The van der Waals surface area contributed by atoms with Gasteiger partial charge in [0.1, 0.15) is 5.82 Å². The van der Waals surface area contributed by atoms with E-state index in [1.54, 1.807) is 12.1 Å². The second kappa shape index (κ2) is 8.38. The molecule has 0 saturated carbocycles. The van der Waals surface area contributed by atoms with Gasteiger partial charge in [0, 0.05) is 35.5 Å². The van der Waals surface area contributed by atoms with Crippen molar-refractivity contribution in [2.75, 3.05) is 11.4 Å². The number of carbonyl (C=O) groups is 2. The third kappa shape index (κ3) is 4.24. The molecule has 2 aromatic rings. The van der Waals surface area contributed by atoms with Crippen molar-refractivity contribution in [2.24, 2.45) is 17.4 Å². The lowest BCUT2D eigenvalue weighted by atomic mass is 9.87.